The maximum Gasteiger partial charge on any atom is 0.294 e. The number of fused-ring (bicyclic) bond motifs is 2. The number of hydrogen-bond acceptors (Lipinski definition) is 4. The number of nitrogens with zero attached hydrogens (tertiary/aromatic N) is 2. The van der Waals surface area contributed by atoms with Crippen LogP contribution in [0.2, 0.25) is 0 Å². The zero-order valence-corrected chi connectivity index (χ0v) is 23.9. The number of carbonyl (C=O) groups excluding carboxylic acids is 3. The summed E-state index contributed by atoms with van der Waals surface area (Å²) < 4.78 is 2.16. The Morgan fingerprint density at radius 2 is 1.59 bits per heavy atom. The lowest BCUT2D eigenvalue weighted by molar-refractivity contribution is -0.127. The van der Waals surface area contributed by atoms with E-state index in [4.69, 9.17) is 0 Å². The molecule has 0 unspecified atom stereocenters. The van der Waals surface area contributed by atoms with Gasteiger partial charge in [0, 0.05) is 34.9 Å². The lowest BCUT2D eigenvalue weighted by atomic mass is 10.1. The van der Waals surface area contributed by atoms with Gasteiger partial charge in [0.25, 0.3) is 11.1 Å². The molecule has 5 aromatic rings. The Bertz CT molecular complexity index is 1880. The van der Waals surface area contributed by atoms with E-state index in [-0.39, 0.29) is 6.54 Å². The number of aryl methyl sites for hydroxylation is 3. The van der Waals surface area contributed by atoms with Gasteiger partial charge in [0.1, 0.15) is 6.54 Å². The molecule has 6 rings (SSSR count). The molecular weight excluding hydrogens is 530 g/mol. The van der Waals surface area contributed by atoms with Crippen molar-refractivity contribution in [3.63, 3.8) is 0 Å². The van der Waals surface area contributed by atoms with Crippen LogP contribution in [-0.2, 0) is 16.1 Å². The Hall–Kier alpha value is -4.62. The number of aromatic nitrogens is 1. The van der Waals surface area contributed by atoms with Crippen molar-refractivity contribution >= 4 is 62.3 Å². The minimum atomic E-state index is -0.459. The molecule has 0 spiro atoms. The topological polar surface area (TPSA) is 71.4 Å². The molecule has 0 aliphatic carbocycles. The fourth-order valence-corrected chi connectivity index (χ4v) is 6.36. The summed E-state index contributed by atoms with van der Waals surface area (Å²) in [7, 11) is 0. The summed E-state index contributed by atoms with van der Waals surface area (Å²) in [6, 6.07) is 26.7. The SMILES string of the molecule is Cc1cc(C)c(NC(=O)CN2C(=O)S/C(=C\c3cn(Cc4ccc5ccccc5c4)c4ccccc34)C2=O)c(C)c1. The second-order valence-corrected chi connectivity index (χ2v) is 11.5. The predicted octanol–water partition coefficient (Wildman–Crippen LogP) is 7.44. The van der Waals surface area contributed by atoms with Gasteiger partial charge in [-0.25, -0.2) is 0 Å². The fourth-order valence-electron chi connectivity index (χ4n) is 5.53. The zero-order valence-electron chi connectivity index (χ0n) is 23.1. The number of nitrogens with one attached hydrogen (secondary N) is 1. The van der Waals surface area contributed by atoms with Crippen molar-refractivity contribution < 1.29 is 14.4 Å². The Balaban J connectivity index is 1.24. The fraction of sp³-hybridized carbons (Fsp3) is 0.147. The number of benzene rings is 4. The predicted molar refractivity (Wildman–Crippen MR) is 167 cm³/mol. The van der Waals surface area contributed by atoms with Gasteiger partial charge in [-0.05, 0) is 78.2 Å². The van der Waals surface area contributed by atoms with Crippen LogP contribution in [0.3, 0.4) is 0 Å². The van der Waals surface area contributed by atoms with E-state index in [9.17, 15) is 14.4 Å². The highest BCUT2D eigenvalue weighted by molar-refractivity contribution is 8.18. The molecule has 1 aliphatic rings. The van der Waals surface area contributed by atoms with Gasteiger partial charge in [-0.2, -0.15) is 0 Å². The van der Waals surface area contributed by atoms with Gasteiger partial charge in [-0.1, -0.05) is 72.3 Å². The Morgan fingerprint density at radius 1 is 0.878 bits per heavy atom. The average Bonchev–Trinajstić information content (AvgIpc) is 3.42. The number of carbonyl (C=O) groups is 3. The maximum atomic E-state index is 13.3. The first-order valence-corrected chi connectivity index (χ1v) is 14.3. The number of hydrogen-bond donors (Lipinski definition) is 1. The standard InChI is InChI=1S/C34H29N3O3S/c1-21-14-22(2)32(23(3)15-21)35-31(38)20-37-33(39)30(41-34(37)40)17-27-19-36(29-11-7-6-10-28(27)29)18-24-12-13-25-8-4-5-9-26(25)16-24/h4-17,19H,18,20H2,1-3H3,(H,35,38)/b30-17-. The van der Waals surface area contributed by atoms with Crippen LogP contribution in [-0.4, -0.2) is 33.1 Å². The van der Waals surface area contributed by atoms with E-state index >= 15 is 0 Å². The number of para-hydroxylation sites is 1. The van der Waals surface area contributed by atoms with Crippen LogP contribution >= 0.6 is 11.8 Å². The molecule has 0 atom stereocenters. The van der Waals surface area contributed by atoms with E-state index in [1.165, 1.54) is 16.3 Å². The second-order valence-electron chi connectivity index (χ2n) is 10.5. The van der Waals surface area contributed by atoms with E-state index < -0.39 is 17.1 Å². The molecular formula is C34H29N3O3S. The molecule has 1 aromatic heterocycles. The summed E-state index contributed by atoms with van der Waals surface area (Å²) in [4.78, 5) is 40.3. The quantitative estimate of drug-likeness (QED) is 0.220. The Morgan fingerprint density at radius 3 is 2.37 bits per heavy atom. The van der Waals surface area contributed by atoms with E-state index in [1.54, 1.807) is 6.08 Å². The van der Waals surface area contributed by atoms with Crippen molar-refractivity contribution in [1.82, 2.24) is 9.47 Å². The average molecular weight is 560 g/mol. The third-order valence-corrected chi connectivity index (χ3v) is 8.30. The number of rotatable bonds is 6. The number of imide groups is 1. The molecule has 4 aromatic carbocycles. The van der Waals surface area contributed by atoms with E-state index in [1.807, 2.05) is 69.4 Å². The lowest BCUT2D eigenvalue weighted by Gasteiger charge is -2.15. The molecule has 3 amide bonds. The van der Waals surface area contributed by atoms with Crippen molar-refractivity contribution in [3.8, 4) is 0 Å². The van der Waals surface area contributed by atoms with Crippen LogP contribution in [0.5, 0.6) is 0 Å². The van der Waals surface area contributed by atoms with Crippen molar-refractivity contribution in [3.05, 3.63) is 118 Å². The molecule has 2 heterocycles. The van der Waals surface area contributed by atoms with Gasteiger partial charge in [0.15, 0.2) is 0 Å². The summed E-state index contributed by atoms with van der Waals surface area (Å²) in [6.07, 6.45) is 3.78. The first-order chi connectivity index (χ1) is 19.8. The normalized spacial score (nSPS) is 14.5. The van der Waals surface area contributed by atoms with Crippen molar-refractivity contribution in [2.24, 2.45) is 0 Å². The highest BCUT2D eigenvalue weighted by Crippen LogP contribution is 2.34. The molecule has 6 nitrogen and oxygen atoms in total. The highest BCUT2D eigenvalue weighted by atomic mass is 32.2. The lowest BCUT2D eigenvalue weighted by Crippen LogP contribution is -2.36. The van der Waals surface area contributed by atoms with Crippen LogP contribution in [0.1, 0.15) is 27.8 Å². The third kappa shape index (κ3) is 5.28. The number of thioether (sulfide) groups is 1. The van der Waals surface area contributed by atoms with Crippen molar-refractivity contribution in [1.29, 1.82) is 0 Å². The van der Waals surface area contributed by atoms with Gasteiger partial charge < -0.3 is 9.88 Å². The molecule has 204 valence electrons. The Labute approximate surface area is 242 Å². The molecule has 1 saturated heterocycles. The van der Waals surface area contributed by atoms with Crippen LogP contribution < -0.4 is 5.32 Å². The molecule has 0 saturated carbocycles. The minimum absolute atomic E-state index is 0.305. The molecule has 1 N–H and O–H groups in total. The summed E-state index contributed by atoms with van der Waals surface area (Å²) >= 11 is 0.866. The van der Waals surface area contributed by atoms with E-state index in [0.717, 1.165) is 49.8 Å². The van der Waals surface area contributed by atoms with Crippen LogP contribution in [0.4, 0.5) is 10.5 Å². The van der Waals surface area contributed by atoms with E-state index in [2.05, 4.69) is 46.3 Å². The van der Waals surface area contributed by atoms with Gasteiger partial charge in [-0.3, -0.25) is 19.3 Å². The number of anilines is 1. The smallest absolute Gasteiger partial charge is 0.294 e. The summed E-state index contributed by atoms with van der Waals surface area (Å²) in [5, 5.41) is 5.81. The first-order valence-electron chi connectivity index (χ1n) is 13.5. The summed E-state index contributed by atoms with van der Waals surface area (Å²) in [6.45, 7) is 6.18. The van der Waals surface area contributed by atoms with Crippen molar-refractivity contribution in [2.45, 2.75) is 27.3 Å². The minimum Gasteiger partial charge on any atom is -0.342 e. The Kier molecular flexibility index (Phi) is 6.97. The van der Waals surface area contributed by atoms with Gasteiger partial charge in [-0.15, -0.1) is 0 Å². The molecule has 7 heteroatoms. The molecule has 1 aliphatic heterocycles. The molecule has 1 fully saturated rings. The monoisotopic (exact) mass is 559 g/mol. The summed E-state index contributed by atoms with van der Waals surface area (Å²) in [5.41, 5.74) is 6.74. The number of amides is 3. The molecule has 0 radical (unpaired) electrons. The largest absolute Gasteiger partial charge is 0.342 e. The molecule has 41 heavy (non-hydrogen) atoms. The zero-order chi connectivity index (χ0) is 28.7. The second kappa shape index (κ2) is 10.7. The van der Waals surface area contributed by atoms with Crippen LogP contribution in [0, 0.1) is 20.8 Å². The van der Waals surface area contributed by atoms with E-state index in [0.29, 0.717) is 17.1 Å². The first kappa shape index (κ1) is 26.6. The molecule has 0 bridgehead atoms. The third-order valence-electron chi connectivity index (χ3n) is 7.39. The van der Waals surface area contributed by atoms with Crippen LogP contribution in [0.25, 0.3) is 27.8 Å². The van der Waals surface area contributed by atoms with Crippen molar-refractivity contribution in [2.75, 3.05) is 11.9 Å². The van der Waals surface area contributed by atoms with Gasteiger partial charge in [0.05, 0.1) is 4.91 Å². The van der Waals surface area contributed by atoms with Crippen LogP contribution in [0.15, 0.2) is 90.0 Å². The van der Waals surface area contributed by atoms with Gasteiger partial charge >= 0.3 is 0 Å². The summed E-state index contributed by atoms with van der Waals surface area (Å²) in [5.74, 6) is -0.866. The van der Waals surface area contributed by atoms with Gasteiger partial charge in [0.2, 0.25) is 5.91 Å². The highest BCUT2D eigenvalue weighted by Gasteiger charge is 2.36. The maximum absolute atomic E-state index is 13.3.